The van der Waals surface area contributed by atoms with Gasteiger partial charge in [-0.15, -0.1) is 0 Å². The zero-order chi connectivity index (χ0) is 26.6. The Morgan fingerprint density at radius 3 is 1.38 bits per heavy atom. The van der Waals surface area contributed by atoms with Gasteiger partial charge < -0.3 is 25.7 Å². The first-order valence-corrected chi connectivity index (χ1v) is 30.1. The third-order valence-electron chi connectivity index (χ3n) is 4.61. The van der Waals surface area contributed by atoms with Crippen molar-refractivity contribution in [2.24, 2.45) is 0 Å². The van der Waals surface area contributed by atoms with Crippen LogP contribution in [-0.2, 0) is 27.0 Å². The predicted octanol–water partition coefficient (Wildman–Crippen LogP) is 7.26. The van der Waals surface area contributed by atoms with Crippen LogP contribution >= 0.6 is 0 Å². The summed E-state index contributed by atoms with van der Waals surface area (Å²) in [5, 5.41) is 9.52. The molecule has 6 nitrogen and oxygen atoms in total. The van der Waals surface area contributed by atoms with Gasteiger partial charge in [0.15, 0.2) is 25.0 Å². The molecule has 0 saturated heterocycles. The maximum absolute atomic E-state index is 9.52. The highest BCUT2D eigenvalue weighted by Gasteiger charge is 2.51. The summed E-state index contributed by atoms with van der Waals surface area (Å²) in [6, 6.07) is 8.46. The van der Waals surface area contributed by atoms with Gasteiger partial charge in [-0.05, 0) is 115 Å². The van der Waals surface area contributed by atoms with Gasteiger partial charge in [-0.1, -0.05) is 12.1 Å². The fourth-order valence-electron chi connectivity index (χ4n) is 4.41. The molecule has 0 aliphatic carbocycles. The van der Waals surface area contributed by atoms with E-state index in [0.717, 1.165) is 18.9 Å². The summed E-state index contributed by atoms with van der Waals surface area (Å²) in [5.74, 6) is 0.303. The lowest BCUT2D eigenvalue weighted by atomic mass is 10.1. The molecule has 0 unspecified atom stereocenters. The Hall–Kier alpha value is 0.121. The number of benzene rings is 1. The highest BCUT2D eigenvalue weighted by Crippen LogP contribution is 2.30. The lowest BCUT2D eigenvalue weighted by Crippen LogP contribution is -2.63. The van der Waals surface area contributed by atoms with Gasteiger partial charge in [0.25, 0.3) is 0 Å². The van der Waals surface area contributed by atoms with Crippen LogP contribution in [0.15, 0.2) is 24.3 Å². The number of aryl methyl sites for hydroxylation is 1. The predicted molar refractivity (Wildman–Crippen MR) is 157 cm³/mol. The summed E-state index contributed by atoms with van der Waals surface area (Å²) >= 11 is 0. The van der Waals surface area contributed by atoms with Gasteiger partial charge in [-0.3, -0.25) is 0 Å². The second-order valence-corrected chi connectivity index (χ2v) is 36.6. The third kappa shape index (κ3) is 14.0. The lowest BCUT2D eigenvalue weighted by Gasteiger charge is -2.44. The molecule has 1 aromatic rings. The fourth-order valence-corrected chi connectivity index (χ4v) is 31.5. The Labute approximate surface area is 215 Å². The monoisotopic (exact) mass is 578 g/mol. The van der Waals surface area contributed by atoms with E-state index in [-0.39, 0.29) is 0 Å². The second-order valence-electron chi connectivity index (χ2n) is 12.7. The normalized spacial score (nSPS) is 14.5. The van der Waals surface area contributed by atoms with E-state index in [2.05, 4.69) is 78.6 Å². The van der Waals surface area contributed by atoms with E-state index in [1.165, 1.54) is 5.56 Å². The Morgan fingerprint density at radius 2 is 1.00 bits per heavy atom. The van der Waals surface area contributed by atoms with E-state index < -0.39 is 50.9 Å². The first-order chi connectivity index (χ1) is 15.0. The third-order valence-corrected chi connectivity index (χ3v) is 25.6. The summed E-state index contributed by atoms with van der Waals surface area (Å²) in [5.41, 5.74) is 1.23. The molecule has 1 aromatic carbocycles. The van der Waals surface area contributed by atoms with Gasteiger partial charge in [0.1, 0.15) is 5.75 Å². The standard InChI is InChI=1S/C22H50O6Si6/c1-29(2,3)24-32(9,10)27-34(13,28-33(11,12)25-30(4,5)6)26-31(7,8)20-14-15-21-16-18-22(23)19-17-21/h16-19,23H,14-15,20H2,1-13H3. The molecule has 0 saturated carbocycles. The average Bonchev–Trinajstić information content (AvgIpc) is 2.49. The number of hydrogen-bond donors (Lipinski definition) is 1. The molecule has 0 bridgehead atoms. The highest BCUT2D eigenvalue weighted by molar-refractivity contribution is 6.91. The van der Waals surface area contributed by atoms with Crippen LogP contribution in [0.3, 0.4) is 0 Å². The van der Waals surface area contributed by atoms with Crippen LogP contribution in [-0.4, -0.2) is 56.0 Å². The van der Waals surface area contributed by atoms with Crippen molar-refractivity contribution in [1.29, 1.82) is 0 Å². The quantitative estimate of drug-likeness (QED) is 0.234. The molecule has 0 heterocycles. The van der Waals surface area contributed by atoms with Crippen molar-refractivity contribution in [2.75, 3.05) is 0 Å². The van der Waals surface area contributed by atoms with Crippen LogP contribution in [0.5, 0.6) is 5.75 Å². The molecule has 198 valence electrons. The van der Waals surface area contributed by atoms with Gasteiger partial charge in [0.05, 0.1) is 0 Å². The fraction of sp³-hybridized carbons (Fsp3) is 0.727. The summed E-state index contributed by atoms with van der Waals surface area (Å²) in [7, 11) is -13.7. The van der Waals surface area contributed by atoms with Crippen molar-refractivity contribution in [3.05, 3.63) is 29.8 Å². The van der Waals surface area contributed by atoms with Crippen molar-refractivity contribution in [3.63, 3.8) is 0 Å². The second kappa shape index (κ2) is 11.7. The molecular weight excluding hydrogens is 529 g/mol. The van der Waals surface area contributed by atoms with E-state index in [0.29, 0.717) is 5.75 Å². The first kappa shape index (κ1) is 32.2. The molecule has 34 heavy (non-hydrogen) atoms. The zero-order valence-electron chi connectivity index (χ0n) is 23.9. The molecular formula is C22H50O6Si6. The van der Waals surface area contributed by atoms with Crippen LogP contribution < -0.4 is 0 Å². The summed E-state index contributed by atoms with van der Waals surface area (Å²) in [6.45, 7) is 28.2. The molecule has 0 aromatic heterocycles. The molecule has 0 fully saturated rings. The zero-order valence-corrected chi connectivity index (χ0v) is 29.9. The number of phenols is 1. The van der Waals surface area contributed by atoms with Crippen molar-refractivity contribution < 1.29 is 25.7 Å². The van der Waals surface area contributed by atoms with Gasteiger partial charge in [0, 0.05) is 6.55 Å². The van der Waals surface area contributed by atoms with Crippen LogP contribution in [0.4, 0.5) is 0 Å². The van der Waals surface area contributed by atoms with E-state index in [9.17, 15) is 5.11 Å². The van der Waals surface area contributed by atoms with Gasteiger partial charge >= 0.3 is 25.9 Å². The lowest BCUT2D eigenvalue weighted by molar-refractivity contribution is 0.214. The van der Waals surface area contributed by atoms with Gasteiger partial charge in [-0.25, -0.2) is 0 Å². The molecule has 0 spiro atoms. The van der Waals surface area contributed by atoms with E-state index in [1.807, 2.05) is 18.7 Å². The Bertz CT molecular complexity index is 742. The minimum Gasteiger partial charge on any atom is -0.508 e. The molecule has 0 amide bonds. The molecule has 0 aliphatic rings. The van der Waals surface area contributed by atoms with E-state index in [4.69, 9.17) is 20.6 Å². The smallest absolute Gasteiger partial charge is 0.469 e. The van der Waals surface area contributed by atoms with Crippen LogP contribution in [0.2, 0.25) is 91.2 Å². The van der Waals surface area contributed by atoms with Gasteiger partial charge in [-0.2, -0.15) is 0 Å². The Kier molecular flexibility index (Phi) is 11.0. The Balaban J connectivity index is 3.03. The van der Waals surface area contributed by atoms with Crippen molar-refractivity contribution in [1.82, 2.24) is 0 Å². The maximum atomic E-state index is 9.52. The molecule has 12 heteroatoms. The van der Waals surface area contributed by atoms with E-state index in [1.54, 1.807) is 12.1 Å². The van der Waals surface area contributed by atoms with Crippen LogP contribution in [0.1, 0.15) is 12.0 Å². The van der Waals surface area contributed by atoms with Crippen LogP contribution in [0.25, 0.3) is 0 Å². The number of rotatable bonds is 14. The number of hydrogen-bond acceptors (Lipinski definition) is 6. The minimum atomic E-state index is -3.05. The topological polar surface area (TPSA) is 66.4 Å². The minimum absolute atomic E-state index is 0.303. The summed E-state index contributed by atoms with van der Waals surface area (Å²) < 4.78 is 33.5. The maximum Gasteiger partial charge on any atom is 0.469 e. The highest BCUT2D eigenvalue weighted by atomic mass is 28.5. The average molecular weight is 579 g/mol. The Morgan fingerprint density at radius 1 is 0.588 bits per heavy atom. The molecule has 0 atom stereocenters. The number of phenolic OH excluding ortho intramolecular Hbond substituents is 1. The van der Waals surface area contributed by atoms with Crippen LogP contribution in [0, 0.1) is 0 Å². The van der Waals surface area contributed by atoms with Crippen molar-refractivity contribution in [3.8, 4) is 5.75 Å². The number of aromatic hydroxyl groups is 1. The molecule has 0 aliphatic heterocycles. The van der Waals surface area contributed by atoms with Crippen molar-refractivity contribution >= 4 is 50.9 Å². The molecule has 1 N–H and O–H groups in total. The first-order valence-electron chi connectivity index (χ1n) is 12.3. The summed E-state index contributed by atoms with van der Waals surface area (Å²) in [6.07, 6.45) is 1.98. The van der Waals surface area contributed by atoms with Crippen molar-refractivity contribution in [2.45, 2.75) is 104 Å². The molecule has 0 radical (unpaired) electrons. The largest absolute Gasteiger partial charge is 0.508 e. The SMILES string of the molecule is C[Si](C)(C)O[Si](C)(C)O[Si](C)(O[Si](C)(C)CCCc1ccc(O)cc1)O[Si](C)(C)O[Si](C)(C)C. The summed E-state index contributed by atoms with van der Waals surface area (Å²) in [4.78, 5) is 0. The van der Waals surface area contributed by atoms with Gasteiger partial charge in [0.2, 0.25) is 0 Å². The molecule has 1 rings (SSSR count). The van der Waals surface area contributed by atoms with E-state index >= 15 is 0 Å².